The average molecular weight is 827 g/mol. The molecule has 0 amide bonds. The highest BCUT2D eigenvalue weighted by atomic mass is 32.2. The van der Waals surface area contributed by atoms with Crippen molar-refractivity contribution in [3.8, 4) is 0 Å². The summed E-state index contributed by atoms with van der Waals surface area (Å²) < 4.78 is 117. The summed E-state index contributed by atoms with van der Waals surface area (Å²) in [6, 6.07) is 8.54. The van der Waals surface area contributed by atoms with E-state index in [0.29, 0.717) is 81.1 Å². The van der Waals surface area contributed by atoms with E-state index in [1.807, 2.05) is 48.5 Å². The van der Waals surface area contributed by atoms with E-state index in [1.165, 1.54) is 30.3 Å². The van der Waals surface area contributed by atoms with Crippen molar-refractivity contribution in [3.05, 3.63) is 71.5 Å². The molecule has 2 aromatic carbocycles. The zero-order valence-electron chi connectivity index (χ0n) is 31.4. The van der Waals surface area contributed by atoms with Crippen molar-refractivity contribution in [1.29, 1.82) is 0 Å². The first-order chi connectivity index (χ1) is 25.7. The largest absolute Gasteiger partial charge is 0.744 e. The number of likely N-dealkylation sites (N-methyl/N-ethyl adjacent to an activating group) is 1. The summed E-state index contributed by atoms with van der Waals surface area (Å²) in [5, 5.41) is 9.13. The SMILES string of the molecule is CCN1/C(=C/C=C/C2=[N+](CCCCCC(=O)O)c3ccc(S(=O)(=O)[O-])cc3C2(C)CCCS(=O)(=O)O)C(C)(CCOCCOC)c2cc(S(=O)(=O)O)ccc21. The molecule has 2 atom stereocenters. The number of unbranched alkanes of at least 4 members (excludes halogenated alkanes) is 2. The molecule has 304 valence electrons. The summed E-state index contributed by atoms with van der Waals surface area (Å²) in [6.07, 6.45) is 7.68. The number of carbonyl (C=O) groups is 1. The lowest BCUT2D eigenvalue weighted by atomic mass is 9.75. The van der Waals surface area contributed by atoms with E-state index in [-0.39, 0.29) is 24.2 Å². The van der Waals surface area contributed by atoms with Crippen LogP contribution < -0.4 is 4.90 Å². The Hall–Kier alpha value is -3.49. The number of allylic oxidation sites excluding steroid dienone is 4. The van der Waals surface area contributed by atoms with E-state index in [9.17, 15) is 43.7 Å². The number of benzene rings is 2. The summed E-state index contributed by atoms with van der Waals surface area (Å²) in [6.45, 7) is 7.64. The van der Waals surface area contributed by atoms with Gasteiger partial charge >= 0.3 is 5.97 Å². The molecule has 2 unspecified atom stereocenters. The van der Waals surface area contributed by atoms with Gasteiger partial charge in [-0.1, -0.05) is 6.08 Å². The first-order valence-electron chi connectivity index (χ1n) is 17.9. The first kappa shape index (κ1) is 44.2. The van der Waals surface area contributed by atoms with Crippen LogP contribution in [0.3, 0.4) is 0 Å². The molecule has 0 aliphatic carbocycles. The Bertz CT molecular complexity index is 2180. The molecule has 0 bridgehead atoms. The van der Waals surface area contributed by atoms with Crippen LogP contribution >= 0.6 is 0 Å². The van der Waals surface area contributed by atoms with Gasteiger partial charge in [0.1, 0.15) is 16.7 Å². The normalized spacial score (nSPS) is 20.9. The molecule has 4 rings (SSSR count). The average Bonchev–Trinajstić information content (AvgIpc) is 3.46. The van der Waals surface area contributed by atoms with Crippen LogP contribution in [0.2, 0.25) is 0 Å². The van der Waals surface area contributed by atoms with Crippen molar-refractivity contribution < 1.29 is 62.9 Å². The molecule has 0 fully saturated rings. The van der Waals surface area contributed by atoms with E-state index in [0.717, 1.165) is 11.4 Å². The second-order valence-electron chi connectivity index (χ2n) is 14.1. The van der Waals surface area contributed by atoms with Gasteiger partial charge in [0, 0.05) is 67.6 Å². The fourth-order valence-electron chi connectivity index (χ4n) is 7.57. The Kier molecular flexibility index (Phi) is 14.3. The van der Waals surface area contributed by atoms with Crippen LogP contribution in [0.5, 0.6) is 0 Å². The second kappa shape index (κ2) is 17.8. The van der Waals surface area contributed by atoms with Gasteiger partial charge in [-0.05, 0) is 94.8 Å². The molecule has 0 saturated heterocycles. The number of nitrogens with zero attached hydrogens (tertiary/aromatic N) is 2. The van der Waals surface area contributed by atoms with Crippen LogP contribution in [-0.2, 0) is 55.5 Å². The van der Waals surface area contributed by atoms with Gasteiger partial charge < -0.3 is 24.0 Å². The van der Waals surface area contributed by atoms with Crippen molar-refractivity contribution in [1.82, 2.24) is 0 Å². The lowest BCUT2D eigenvalue weighted by Crippen LogP contribution is -2.32. The molecule has 3 N–H and O–H groups in total. The maximum atomic E-state index is 12.2. The first-order valence-corrected chi connectivity index (χ1v) is 22.4. The van der Waals surface area contributed by atoms with Crippen LogP contribution in [0.25, 0.3) is 0 Å². The second-order valence-corrected chi connectivity index (χ2v) is 18.5. The van der Waals surface area contributed by atoms with Crippen LogP contribution in [0.1, 0.15) is 76.8 Å². The summed E-state index contributed by atoms with van der Waals surface area (Å²) >= 11 is 0. The maximum absolute atomic E-state index is 12.2. The third kappa shape index (κ3) is 10.5. The molecule has 2 aliphatic rings. The maximum Gasteiger partial charge on any atom is 0.303 e. The topological polar surface area (TPSA) is 228 Å². The number of hydrogen-bond acceptors (Lipinski definition) is 11. The van der Waals surface area contributed by atoms with E-state index in [4.69, 9.17) is 14.6 Å². The third-order valence-electron chi connectivity index (χ3n) is 10.4. The van der Waals surface area contributed by atoms with Crippen molar-refractivity contribution in [2.45, 2.75) is 86.3 Å². The molecule has 0 spiro atoms. The molecule has 0 saturated carbocycles. The Morgan fingerprint density at radius 3 is 2.20 bits per heavy atom. The van der Waals surface area contributed by atoms with Gasteiger partial charge in [-0.3, -0.25) is 13.9 Å². The van der Waals surface area contributed by atoms with Crippen molar-refractivity contribution in [2.75, 3.05) is 50.7 Å². The lowest BCUT2D eigenvalue weighted by molar-refractivity contribution is -0.438. The number of rotatable bonds is 21. The third-order valence-corrected chi connectivity index (χ3v) is 12.8. The van der Waals surface area contributed by atoms with Crippen LogP contribution in [0.15, 0.2) is 70.1 Å². The number of fused-ring (bicyclic) bond motifs is 2. The molecule has 18 heteroatoms. The highest BCUT2D eigenvalue weighted by molar-refractivity contribution is 7.86. The van der Waals surface area contributed by atoms with E-state index in [1.54, 1.807) is 13.2 Å². The standard InChI is InChI=1S/C37H50N2O13S3/c1-5-38-31-16-14-27(54(45,46)47)25-29(31)37(3,19-21-52-23-22-51-4)33(38)11-9-12-34-36(2,18-10-24-53(42,43)44)30-26-28(55(48,49)50)15-17-32(30)39(34)20-8-6-7-13-35(40)41/h9,11-12,14-17,25-26H,5-8,10,13,18-24H2,1-4H3,(H3-,40,41,42,43,44,45,46,47,48,49,50). The predicted octanol–water partition coefficient (Wildman–Crippen LogP) is 4.80. The van der Waals surface area contributed by atoms with Gasteiger partial charge in [-0.15, -0.1) is 0 Å². The van der Waals surface area contributed by atoms with Gasteiger partial charge in [-0.2, -0.15) is 21.4 Å². The number of carboxylic acids is 1. The quantitative estimate of drug-likeness (QED) is 0.0873. The zero-order valence-corrected chi connectivity index (χ0v) is 33.9. The minimum absolute atomic E-state index is 0.00304. The summed E-state index contributed by atoms with van der Waals surface area (Å²) in [5.74, 6) is -1.46. The van der Waals surface area contributed by atoms with Gasteiger partial charge in [0.25, 0.3) is 20.2 Å². The number of ether oxygens (including phenoxy) is 2. The number of anilines is 1. The van der Waals surface area contributed by atoms with Gasteiger partial charge in [0.05, 0.1) is 34.2 Å². The molecule has 0 aromatic heterocycles. The van der Waals surface area contributed by atoms with Crippen molar-refractivity contribution in [2.24, 2.45) is 0 Å². The fraction of sp³-hybridized carbons (Fsp3) is 0.514. The number of carboxylic acid groups (broad SMARTS) is 1. The Balaban J connectivity index is 1.87. The van der Waals surface area contributed by atoms with Gasteiger partial charge in [0.15, 0.2) is 5.71 Å². The Morgan fingerprint density at radius 2 is 1.58 bits per heavy atom. The lowest BCUT2D eigenvalue weighted by Gasteiger charge is -2.30. The molecular weight excluding hydrogens is 777 g/mol. The van der Waals surface area contributed by atoms with E-state index < -0.39 is 57.8 Å². The number of aliphatic carboxylic acids is 1. The minimum atomic E-state index is -4.86. The monoisotopic (exact) mass is 826 g/mol. The van der Waals surface area contributed by atoms with Gasteiger partial charge in [0.2, 0.25) is 5.69 Å². The Labute approximate surface area is 323 Å². The van der Waals surface area contributed by atoms with Crippen molar-refractivity contribution in [3.63, 3.8) is 0 Å². The molecule has 15 nitrogen and oxygen atoms in total. The molecule has 2 aliphatic heterocycles. The predicted molar refractivity (Wildman–Crippen MR) is 204 cm³/mol. The highest BCUT2D eigenvalue weighted by Crippen LogP contribution is 2.51. The van der Waals surface area contributed by atoms with Gasteiger partial charge in [-0.25, -0.2) is 8.42 Å². The smallest absolute Gasteiger partial charge is 0.303 e. The molecular formula is C37H50N2O13S3. The van der Waals surface area contributed by atoms with E-state index >= 15 is 0 Å². The van der Waals surface area contributed by atoms with Crippen molar-refractivity contribution >= 4 is 53.4 Å². The number of hydrogen-bond donors (Lipinski definition) is 3. The van der Waals surface area contributed by atoms with Crippen LogP contribution in [-0.4, -0.2) is 106 Å². The highest BCUT2D eigenvalue weighted by Gasteiger charge is 2.48. The molecule has 2 heterocycles. The molecule has 55 heavy (non-hydrogen) atoms. The summed E-state index contributed by atoms with van der Waals surface area (Å²) in [5.41, 5.74) is 2.13. The molecule has 2 aromatic rings. The zero-order chi connectivity index (χ0) is 40.8. The van der Waals surface area contributed by atoms with Crippen LogP contribution in [0, 0.1) is 0 Å². The van der Waals surface area contributed by atoms with Crippen LogP contribution in [0.4, 0.5) is 11.4 Å². The number of methoxy groups -OCH3 is 1. The summed E-state index contributed by atoms with van der Waals surface area (Å²) in [4.78, 5) is 12.5. The fourth-order valence-corrected chi connectivity index (χ4v) is 9.08. The van der Waals surface area contributed by atoms with E-state index in [2.05, 4.69) is 0 Å². The summed E-state index contributed by atoms with van der Waals surface area (Å²) in [7, 11) is -12.1. The minimum Gasteiger partial charge on any atom is -0.744 e. The molecule has 0 radical (unpaired) electrons. The Morgan fingerprint density at radius 1 is 0.891 bits per heavy atom.